The van der Waals surface area contributed by atoms with Gasteiger partial charge in [0.15, 0.2) is 0 Å². The Morgan fingerprint density at radius 3 is 2.50 bits per heavy atom. The zero-order valence-corrected chi connectivity index (χ0v) is 12.0. The van der Waals surface area contributed by atoms with E-state index in [1.165, 1.54) is 5.56 Å². The molecule has 0 saturated carbocycles. The lowest BCUT2D eigenvalue weighted by Crippen LogP contribution is -2.16. The molecule has 0 saturated heterocycles. The highest BCUT2D eigenvalue weighted by Gasteiger charge is 2.05. The number of hydrogen-bond acceptors (Lipinski definition) is 3. The van der Waals surface area contributed by atoms with Crippen LogP contribution in [0.5, 0.6) is 0 Å². The first-order chi connectivity index (χ1) is 8.67. The maximum absolute atomic E-state index is 5.55. The molecule has 1 aromatic carbocycles. The number of halogens is 1. The summed E-state index contributed by atoms with van der Waals surface area (Å²) in [7, 11) is 2.08. The molecule has 0 radical (unpaired) electrons. The van der Waals surface area contributed by atoms with Crippen LogP contribution in [0.25, 0.3) is 0 Å². The van der Waals surface area contributed by atoms with Gasteiger partial charge in [-0.2, -0.15) is 0 Å². The summed E-state index contributed by atoms with van der Waals surface area (Å²) in [6.07, 6.45) is 1.73. The van der Waals surface area contributed by atoms with Gasteiger partial charge in [0, 0.05) is 23.1 Å². The first kappa shape index (κ1) is 13.3. The van der Waals surface area contributed by atoms with Crippen LogP contribution in [-0.2, 0) is 19.6 Å². The molecule has 0 aliphatic heterocycles. The molecule has 0 atom stereocenters. The van der Waals surface area contributed by atoms with Crippen LogP contribution in [0.4, 0.5) is 0 Å². The molecule has 2 aromatic rings. The molecule has 0 unspecified atom stereocenters. The third-order valence-corrected chi connectivity index (χ3v) is 3.26. The normalized spacial score (nSPS) is 11.1. The van der Waals surface area contributed by atoms with Crippen LogP contribution >= 0.6 is 15.9 Å². The van der Waals surface area contributed by atoms with Crippen molar-refractivity contribution in [1.29, 1.82) is 0 Å². The van der Waals surface area contributed by atoms with Crippen LogP contribution in [0, 0.1) is 0 Å². The first-order valence-corrected chi connectivity index (χ1v) is 6.66. The van der Waals surface area contributed by atoms with Crippen LogP contribution in [0.15, 0.2) is 45.5 Å². The Morgan fingerprint density at radius 2 is 1.89 bits per heavy atom. The van der Waals surface area contributed by atoms with E-state index in [0.29, 0.717) is 6.54 Å². The lowest BCUT2D eigenvalue weighted by molar-refractivity contribution is 0.288. The van der Waals surface area contributed by atoms with E-state index in [1.807, 2.05) is 6.07 Å². The summed E-state index contributed by atoms with van der Waals surface area (Å²) in [6, 6.07) is 10.4. The fourth-order valence-corrected chi connectivity index (χ4v) is 2.10. The minimum Gasteiger partial charge on any atom is -0.468 e. The summed E-state index contributed by atoms with van der Waals surface area (Å²) in [5, 5.41) is 0. The second-order valence-electron chi connectivity index (χ2n) is 4.42. The molecular weight excluding hydrogens is 292 g/mol. The second kappa shape index (κ2) is 6.18. The van der Waals surface area contributed by atoms with Gasteiger partial charge in [0.1, 0.15) is 5.76 Å². The van der Waals surface area contributed by atoms with Gasteiger partial charge < -0.3 is 10.2 Å². The fraction of sp³-hybridized carbons (Fsp3) is 0.286. The van der Waals surface area contributed by atoms with Gasteiger partial charge in [-0.1, -0.05) is 28.1 Å². The Hall–Kier alpha value is -1.10. The SMILES string of the molecule is CN(Cc1ccc(Br)cc1)Cc1cc(CN)co1. The van der Waals surface area contributed by atoms with Gasteiger partial charge in [-0.25, -0.2) is 0 Å². The highest BCUT2D eigenvalue weighted by Crippen LogP contribution is 2.14. The van der Waals surface area contributed by atoms with Crippen molar-refractivity contribution < 1.29 is 4.42 Å². The van der Waals surface area contributed by atoms with Crippen LogP contribution in [-0.4, -0.2) is 11.9 Å². The lowest BCUT2D eigenvalue weighted by atomic mass is 10.2. The van der Waals surface area contributed by atoms with E-state index in [1.54, 1.807) is 6.26 Å². The molecule has 0 fully saturated rings. The number of benzene rings is 1. The zero-order chi connectivity index (χ0) is 13.0. The predicted molar refractivity (Wildman–Crippen MR) is 75.9 cm³/mol. The van der Waals surface area contributed by atoms with E-state index in [-0.39, 0.29) is 0 Å². The van der Waals surface area contributed by atoms with E-state index in [4.69, 9.17) is 10.2 Å². The Bertz CT molecular complexity index is 493. The molecule has 4 heteroatoms. The van der Waals surface area contributed by atoms with Gasteiger partial charge in [0.05, 0.1) is 12.8 Å². The molecule has 0 bridgehead atoms. The molecule has 96 valence electrons. The first-order valence-electron chi connectivity index (χ1n) is 5.86. The lowest BCUT2D eigenvalue weighted by Gasteiger charge is -2.15. The van der Waals surface area contributed by atoms with Gasteiger partial charge in [0.25, 0.3) is 0 Å². The van der Waals surface area contributed by atoms with Crippen molar-refractivity contribution in [2.45, 2.75) is 19.6 Å². The smallest absolute Gasteiger partial charge is 0.118 e. The fourth-order valence-electron chi connectivity index (χ4n) is 1.84. The van der Waals surface area contributed by atoms with Crippen molar-refractivity contribution >= 4 is 15.9 Å². The molecule has 1 aromatic heterocycles. The highest BCUT2D eigenvalue weighted by atomic mass is 79.9. The van der Waals surface area contributed by atoms with Gasteiger partial charge in [-0.05, 0) is 30.8 Å². The molecule has 0 spiro atoms. The van der Waals surface area contributed by atoms with Gasteiger partial charge in [-0.3, -0.25) is 4.90 Å². The third kappa shape index (κ3) is 3.70. The molecule has 2 rings (SSSR count). The Morgan fingerprint density at radius 1 is 1.17 bits per heavy atom. The van der Waals surface area contributed by atoms with E-state index < -0.39 is 0 Å². The van der Waals surface area contributed by atoms with Crippen molar-refractivity contribution in [2.75, 3.05) is 7.05 Å². The van der Waals surface area contributed by atoms with E-state index >= 15 is 0 Å². The average Bonchev–Trinajstić information content (AvgIpc) is 2.79. The van der Waals surface area contributed by atoms with Crippen molar-refractivity contribution in [3.05, 3.63) is 58.0 Å². The van der Waals surface area contributed by atoms with Crippen molar-refractivity contribution in [1.82, 2.24) is 4.90 Å². The number of hydrogen-bond donors (Lipinski definition) is 1. The van der Waals surface area contributed by atoms with E-state index in [2.05, 4.69) is 52.1 Å². The Balaban J connectivity index is 1.91. The maximum atomic E-state index is 5.55. The largest absolute Gasteiger partial charge is 0.468 e. The summed E-state index contributed by atoms with van der Waals surface area (Å²) < 4.78 is 6.56. The summed E-state index contributed by atoms with van der Waals surface area (Å²) >= 11 is 3.44. The zero-order valence-electron chi connectivity index (χ0n) is 10.4. The number of furan rings is 1. The standard InChI is InChI=1S/C14H17BrN2O/c1-17(8-11-2-4-13(15)5-3-11)9-14-6-12(7-16)10-18-14/h2-6,10H,7-9,16H2,1H3. The number of nitrogens with zero attached hydrogens (tertiary/aromatic N) is 1. The molecule has 18 heavy (non-hydrogen) atoms. The average molecular weight is 309 g/mol. The Labute approximate surface area is 116 Å². The van der Waals surface area contributed by atoms with Crippen molar-refractivity contribution in [2.24, 2.45) is 5.73 Å². The quantitative estimate of drug-likeness (QED) is 0.922. The second-order valence-corrected chi connectivity index (χ2v) is 5.34. The summed E-state index contributed by atoms with van der Waals surface area (Å²) in [5.41, 5.74) is 7.88. The molecule has 0 amide bonds. The van der Waals surface area contributed by atoms with Crippen LogP contribution < -0.4 is 5.73 Å². The van der Waals surface area contributed by atoms with Gasteiger partial charge >= 0.3 is 0 Å². The van der Waals surface area contributed by atoms with Crippen molar-refractivity contribution in [3.8, 4) is 0 Å². The predicted octanol–water partition coefficient (Wildman–Crippen LogP) is 3.13. The monoisotopic (exact) mass is 308 g/mol. The number of nitrogens with two attached hydrogens (primary N) is 1. The molecule has 2 N–H and O–H groups in total. The van der Waals surface area contributed by atoms with Crippen LogP contribution in [0.1, 0.15) is 16.9 Å². The van der Waals surface area contributed by atoms with Crippen LogP contribution in [0.3, 0.4) is 0 Å². The summed E-state index contributed by atoms with van der Waals surface area (Å²) in [6.45, 7) is 2.21. The minimum absolute atomic E-state index is 0.528. The molecule has 1 heterocycles. The van der Waals surface area contributed by atoms with E-state index in [9.17, 15) is 0 Å². The molecule has 0 aliphatic carbocycles. The summed E-state index contributed by atoms with van der Waals surface area (Å²) in [4.78, 5) is 2.21. The number of rotatable bonds is 5. The third-order valence-electron chi connectivity index (χ3n) is 2.74. The maximum Gasteiger partial charge on any atom is 0.118 e. The summed E-state index contributed by atoms with van der Waals surface area (Å²) in [5.74, 6) is 0.954. The highest BCUT2D eigenvalue weighted by molar-refractivity contribution is 9.10. The van der Waals surface area contributed by atoms with Gasteiger partial charge in [-0.15, -0.1) is 0 Å². The van der Waals surface area contributed by atoms with E-state index in [0.717, 1.165) is 28.9 Å². The van der Waals surface area contributed by atoms with Gasteiger partial charge in [0.2, 0.25) is 0 Å². The minimum atomic E-state index is 0.528. The molecular formula is C14H17BrN2O. The topological polar surface area (TPSA) is 42.4 Å². The van der Waals surface area contributed by atoms with Crippen LogP contribution in [0.2, 0.25) is 0 Å². The van der Waals surface area contributed by atoms with Crippen molar-refractivity contribution in [3.63, 3.8) is 0 Å². The molecule has 0 aliphatic rings. The molecule has 3 nitrogen and oxygen atoms in total. The Kier molecular flexibility index (Phi) is 4.58.